The van der Waals surface area contributed by atoms with E-state index >= 15 is 0 Å². The van der Waals surface area contributed by atoms with Gasteiger partial charge in [0, 0.05) is 12.1 Å². The maximum Gasteiger partial charge on any atom is 0.416 e. The minimum absolute atomic E-state index is 0.0935. The summed E-state index contributed by atoms with van der Waals surface area (Å²) in [6.07, 6.45) is -4.78. The summed E-state index contributed by atoms with van der Waals surface area (Å²) in [6.45, 7) is -0.910. The van der Waals surface area contributed by atoms with Gasteiger partial charge >= 0.3 is 6.18 Å². The fraction of sp³-hybridized carbons (Fsp3) is 0.174. The molecule has 0 saturated heterocycles. The van der Waals surface area contributed by atoms with E-state index in [1.54, 1.807) is 6.07 Å². The van der Waals surface area contributed by atoms with Gasteiger partial charge in [-0.2, -0.15) is 13.2 Å². The van der Waals surface area contributed by atoms with Gasteiger partial charge in [-0.15, -0.1) is 0 Å². The summed E-state index contributed by atoms with van der Waals surface area (Å²) in [5, 5.41) is 2.36. The third-order valence-electron chi connectivity index (χ3n) is 4.91. The van der Waals surface area contributed by atoms with E-state index in [1.807, 2.05) is 0 Å². The highest BCUT2D eigenvalue weighted by Gasteiger charge is 2.34. The van der Waals surface area contributed by atoms with Gasteiger partial charge < -0.3 is 14.8 Å². The zero-order chi connectivity index (χ0) is 26.7. The van der Waals surface area contributed by atoms with Crippen molar-refractivity contribution in [2.75, 3.05) is 30.4 Å². The lowest BCUT2D eigenvalue weighted by molar-refractivity contribution is -0.137. The highest BCUT2D eigenvalue weighted by Crippen LogP contribution is 2.38. The van der Waals surface area contributed by atoms with E-state index in [0.29, 0.717) is 16.4 Å². The number of methoxy groups -OCH3 is 2. The molecule has 3 aromatic carbocycles. The Balaban J connectivity index is 2.07. The van der Waals surface area contributed by atoms with Crippen molar-refractivity contribution in [3.8, 4) is 11.5 Å². The first-order valence-electron chi connectivity index (χ1n) is 10.0. The molecule has 1 amide bonds. The molecular weight excluding hydrogens is 544 g/mol. The van der Waals surface area contributed by atoms with E-state index in [1.165, 1.54) is 50.6 Å². The number of hydrogen-bond donors (Lipinski definition) is 1. The average Bonchev–Trinajstić information content (AvgIpc) is 2.83. The number of sulfonamides is 1. The molecule has 3 rings (SSSR count). The van der Waals surface area contributed by atoms with E-state index in [4.69, 9.17) is 32.7 Å². The van der Waals surface area contributed by atoms with Crippen LogP contribution < -0.4 is 19.1 Å². The number of amides is 1. The van der Waals surface area contributed by atoms with Crippen LogP contribution in [0.4, 0.5) is 24.5 Å². The van der Waals surface area contributed by atoms with Crippen molar-refractivity contribution in [1.82, 2.24) is 0 Å². The fourth-order valence-corrected chi connectivity index (χ4v) is 5.13. The van der Waals surface area contributed by atoms with Crippen LogP contribution in [0.25, 0.3) is 0 Å². The van der Waals surface area contributed by atoms with Crippen molar-refractivity contribution in [2.24, 2.45) is 0 Å². The summed E-state index contributed by atoms with van der Waals surface area (Å²) < 4.78 is 77.9. The zero-order valence-corrected chi connectivity index (χ0v) is 21.1. The van der Waals surface area contributed by atoms with E-state index in [9.17, 15) is 26.4 Å². The van der Waals surface area contributed by atoms with Crippen molar-refractivity contribution in [3.05, 3.63) is 76.3 Å². The molecule has 0 aromatic heterocycles. The Morgan fingerprint density at radius 3 is 2.17 bits per heavy atom. The molecule has 7 nitrogen and oxygen atoms in total. The quantitative estimate of drug-likeness (QED) is 0.371. The Hall–Kier alpha value is -3.15. The largest absolute Gasteiger partial charge is 0.495 e. The first-order chi connectivity index (χ1) is 16.9. The van der Waals surface area contributed by atoms with Crippen LogP contribution in [-0.4, -0.2) is 35.1 Å². The molecule has 0 spiro atoms. The topological polar surface area (TPSA) is 84.9 Å². The maximum absolute atomic E-state index is 13.4. The minimum atomic E-state index is -4.78. The highest BCUT2D eigenvalue weighted by atomic mass is 35.5. The predicted octanol–water partition coefficient (Wildman–Crippen LogP) is 5.86. The van der Waals surface area contributed by atoms with Crippen LogP contribution >= 0.6 is 23.2 Å². The molecule has 0 aliphatic heterocycles. The van der Waals surface area contributed by atoms with Gasteiger partial charge in [-0.3, -0.25) is 9.10 Å². The predicted molar refractivity (Wildman–Crippen MR) is 131 cm³/mol. The van der Waals surface area contributed by atoms with Crippen molar-refractivity contribution in [1.29, 1.82) is 0 Å². The van der Waals surface area contributed by atoms with Gasteiger partial charge in [-0.1, -0.05) is 41.4 Å². The Morgan fingerprint density at radius 2 is 1.58 bits per heavy atom. The number of halogens is 5. The SMILES string of the molecule is COc1cc(NC(=O)CN(c2cc(C(F)(F)F)ccc2Cl)S(=O)(=O)c2ccccc2)c(OC)cc1Cl. The maximum atomic E-state index is 13.4. The third-order valence-corrected chi connectivity index (χ3v) is 7.30. The fourth-order valence-electron chi connectivity index (χ4n) is 3.18. The number of nitrogens with zero attached hydrogens (tertiary/aromatic N) is 1. The minimum Gasteiger partial charge on any atom is -0.495 e. The molecule has 0 unspecified atom stereocenters. The molecule has 0 aliphatic carbocycles. The van der Waals surface area contributed by atoms with Gasteiger partial charge in [0.15, 0.2) is 0 Å². The Morgan fingerprint density at radius 1 is 0.944 bits per heavy atom. The Kier molecular flexibility index (Phi) is 8.27. The first-order valence-corrected chi connectivity index (χ1v) is 12.2. The molecule has 36 heavy (non-hydrogen) atoms. The number of benzene rings is 3. The molecule has 0 radical (unpaired) electrons. The molecule has 1 N–H and O–H groups in total. The van der Waals surface area contributed by atoms with Crippen LogP contribution in [0.5, 0.6) is 11.5 Å². The molecule has 3 aromatic rings. The van der Waals surface area contributed by atoms with Gasteiger partial charge in [-0.25, -0.2) is 8.42 Å². The Bertz CT molecular complexity index is 1370. The van der Waals surface area contributed by atoms with Crippen molar-refractivity contribution in [2.45, 2.75) is 11.1 Å². The monoisotopic (exact) mass is 562 g/mol. The molecule has 0 saturated carbocycles. The second-order valence-electron chi connectivity index (χ2n) is 7.22. The molecule has 0 aliphatic rings. The smallest absolute Gasteiger partial charge is 0.416 e. The number of anilines is 2. The zero-order valence-electron chi connectivity index (χ0n) is 18.8. The summed E-state index contributed by atoms with van der Waals surface area (Å²) in [5.41, 5.74) is -1.57. The summed E-state index contributed by atoms with van der Waals surface area (Å²) in [5.74, 6) is -0.558. The molecule has 0 atom stereocenters. The molecule has 0 fully saturated rings. The Labute approximate surface area is 215 Å². The second kappa shape index (κ2) is 10.9. The van der Waals surface area contributed by atoms with Crippen LogP contribution in [0.3, 0.4) is 0 Å². The lowest BCUT2D eigenvalue weighted by atomic mass is 10.2. The van der Waals surface area contributed by atoms with E-state index in [-0.39, 0.29) is 32.1 Å². The highest BCUT2D eigenvalue weighted by molar-refractivity contribution is 7.92. The van der Waals surface area contributed by atoms with E-state index in [2.05, 4.69) is 5.32 Å². The lowest BCUT2D eigenvalue weighted by Gasteiger charge is -2.26. The number of alkyl halides is 3. The van der Waals surface area contributed by atoms with Gasteiger partial charge in [0.05, 0.1) is 46.1 Å². The van der Waals surface area contributed by atoms with Crippen LogP contribution in [0, 0.1) is 0 Å². The van der Waals surface area contributed by atoms with E-state index < -0.39 is 39.9 Å². The van der Waals surface area contributed by atoms with E-state index in [0.717, 1.165) is 6.07 Å². The summed E-state index contributed by atoms with van der Waals surface area (Å²) in [7, 11) is -1.85. The summed E-state index contributed by atoms with van der Waals surface area (Å²) in [6, 6.07) is 11.8. The van der Waals surface area contributed by atoms with Crippen LogP contribution in [0.15, 0.2) is 65.6 Å². The third kappa shape index (κ3) is 5.97. The van der Waals surface area contributed by atoms with Gasteiger partial charge in [-0.05, 0) is 30.3 Å². The van der Waals surface area contributed by atoms with Crippen molar-refractivity contribution >= 4 is 50.5 Å². The van der Waals surface area contributed by atoms with Gasteiger partial charge in [0.25, 0.3) is 10.0 Å². The molecule has 0 bridgehead atoms. The molecule has 192 valence electrons. The molecular formula is C23H19Cl2F3N2O5S. The average molecular weight is 563 g/mol. The van der Waals surface area contributed by atoms with Gasteiger partial charge in [0.1, 0.15) is 18.0 Å². The number of ether oxygens (including phenoxy) is 2. The lowest BCUT2D eigenvalue weighted by Crippen LogP contribution is -2.38. The van der Waals surface area contributed by atoms with Crippen molar-refractivity contribution in [3.63, 3.8) is 0 Å². The van der Waals surface area contributed by atoms with Crippen LogP contribution in [0.1, 0.15) is 5.56 Å². The number of nitrogens with one attached hydrogen (secondary N) is 1. The molecule has 13 heteroatoms. The summed E-state index contributed by atoms with van der Waals surface area (Å²) >= 11 is 12.2. The second-order valence-corrected chi connectivity index (χ2v) is 9.90. The molecule has 0 heterocycles. The summed E-state index contributed by atoms with van der Waals surface area (Å²) in [4.78, 5) is 12.8. The van der Waals surface area contributed by atoms with Crippen LogP contribution in [0.2, 0.25) is 10.0 Å². The van der Waals surface area contributed by atoms with Gasteiger partial charge in [0.2, 0.25) is 5.91 Å². The first kappa shape index (κ1) is 27.4. The number of rotatable bonds is 8. The van der Waals surface area contributed by atoms with Crippen LogP contribution in [-0.2, 0) is 21.0 Å². The number of carbonyl (C=O) groups excluding carboxylic acids is 1. The standard InChI is InChI=1S/C23H19Cl2F3N2O5S/c1-34-20-12-18(21(35-2)11-17(20)25)29-22(31)13-30(36(32,33)15-6-4-3-5-7-15)19-10-14(23(26,27)28)8-9-16(19)24/h3-12H,13H2,1-2H3,(H,29,31). The number of hydrogen-bond acceptors (Lipinski definition) is 5. The number of carbonyl (C=O) groups is 1. The van der Waals surface area contributed by atoms with Crippen molar-refractivity contribution < 1.29 is 35.9 Å². The normalized spacial score (nSPS) is 11.6.